The third-order valence-electron chi connectivity index (χ3n) is 6.40. The van der Waals surface area contributed by atoms with Gasteiger partial charge in [0, 0.05) is 12.5 Å². The summed E-state index contributed by atoms with van der Waals surface area (Å²) in [5, 5.41) is 6.52. The summed E-state index contributed by atoms with van der Waals surface area (Å²) in [6.07, 6.45) is 8.31. The van der Waals surface area contributed by atoms with Crippen LogP contribution < -0.4 is 20.1 Å². The van der Waals surface area contributed by atoms with Crippen molar-refractivity contribution in [3.8, 4) is 11.5 Å². The highest BCUT2D eigenvalue weighted by atomic mass is 35.5. The van der Waals surface area contributed by atoms with E-state index in [4.69, 9.17) is 9.47 Å². The van der Waals surface area contributed by atoms with Gasteiger partial charge in [0.2, 0.25) is 5.91 Å². The van der Waals surface area contributed by atoms with E-state index in [0.29, 0.717) is 12.6 Å². The molecule has 2 N–H and O–H groups in total. The maximum atomic E-state index is 12.6. The maximum Gasteiger partial charge on any atom is 0.223 e. The normalized spacial score (nSPS) is 23.5. The number of rotatable bonds is 6. The van der Waals surface area contributed by atoms with Gasteiger partial charge in [-0.1, -0.05) is 6.07 Å². The molecule has 1 saturated heterocycles. The molecule has 1 aliphatic heterocycles. The van der Waals surface area contributed by atoms with E-state index in [9.17, 15) is 4.79 Å². The Labute approximate surface area is 168 Å². The summed E-state index contributed by atoms with van der Waals surface area (Å²) >= 11 is 0. The molecule has 2 aliphatic carbocycles. The molecule has 1 amide bonds. The van der Waals surface area contributed by atoms with Gasteiger partial charge in [0.1, 0.15) is 0 Å². The zero-order valence-corrected chi connectivity index (χ0v) is 16.9. The maximum absolute atomic E-state index is 12.6. The predicted octanol–water partition coefficient (Wildman–Crippen LogP) is 3.44. The van der Waals surface area contributed by atoms with Crippen molar-refractivity contribution in [2.75, 3.05) is 20.2 Å². The van der Waals surface area contributed by atoms with Gasteiger partial charge in [0.05, 0.1) is 13.2 Å². The predicted molar refractivity (Wildman–Crippen MR) is 108 cm³/mol. The van der Waals surface area contributed by atoms with E-state index >= 15 is 0 Å². The Hall–Kier alpha value is -1.46. The van der Waals surface area contributed by atoms with Crippen LogP contribution in [-0.4, -0.2) is 32.2 Å². The van der Waals surface area contributed by atoms with Crippen molar-refractivity contribution in [3.05, 3.63) is 23.8 Å². The Balaban J connectivity index is 0.00000210. The average Bonchev–Trinajstić information content (AvgIpc) is 3.10. The smallest absolute Gasteiger partial charge is 0.223 e. The molecular weight excluding hydrogens is 364 g/mol. The van der Waals surface area contributed by atoms with Crippen LogP contribution in [-0.2, 0) is 11.3 Å². The highest BCUT2D eigenvalue weighted by molar-refractivity contribution is 5.85. The van der Waals surface area contributed by atoms with Crippen LogP contribution in [0.2, 0.25) is 0 Å². The molecule has 3 aliphatic rings. The van der Waals surface area contributed by atoms with E-state index < -0.39 is 0 Å². The number of amides is 1. The summed E-state index contributed by atoms with van der Waals surface area (Å²) in [4.78, 5) is 12.6. The monoisotopic (exact) mass is 394 g/mol. The number of carbonyl (C=O) groups is 1. The molecule has 1 aromatic rings. The summed E-state index contributed by atoms with van der Waals surface area (Å²) in [6, 6.07) is 5.97. The number of nitrogens with one attached hydrogen (secondary N) is 2. The number of halogens is 1. The molecule has 0 radical (unpaired) electrons. The minimum Gasteiger partial charge on any atom is -0.493 e. The molecule has 4 rings (SSSR count). The van der Waals surface area contributed by atoms with Crippen molar-refractivity contribution >= 4 is 18.3 Å². The van der Waals surface area contributed by atoms with E-state index in [1.807, 2.05) is 18.2 Å². The molecule has 1 unspecified atom stereocenters. The molecule has 0 aromatic heterocycles. The van der Waals surface area contributed by atoms with Crippen molar-refractivity contribution in [1.82, 2.24) is 10.6 Å². The van der Waals surface area contributed by atoms with Gasteiger partial charge in [-0.2, -0.15) is 0 Å². The lowest BCUT2D eigenvalue weighted by Crippen LogP contribution is -2.33. The number of hydrogen-bond acceptors (Lipinski definition) is 4. The molecule has 1 spiro atoms. The molecule has 27 heavy (non-hydrogen) atoms. The second-order valence-corrected chi connectivity index (χ2v) is 8.10. The number of methoxy groups -OCH3 is 1. The molecule has 0 bridgehead atoms. The fraction of sp³-hybridized carbons (Fsp3) is 0.667. The standard InChI is InChI=1S/C21H30N2O3.ClH/c1-25-18-7-6-15(12-19(18)26-16-4-2-3-5-16)14-23-20(24)17-13-21(17)8-10-22-11-9-21;/h6-7,12,16-17,22H,2-5,8-11,13-14H2,1H3,(H,23,24);1H. The fourth-order valence-electron chi connectivity index (χ4n) is 4.62. The Morgan fingerprint density at radius 3 is 2.67 bits per heavy atom. The topological polar surface area (TPSA) is 59.6 Å². The highest BCUT2D eigenvalue weighted by Gasteiger charge is 2.57. The van der Waals surface area contributed by atoms with E-state index in [-0.39, 0.29) is 29.6 Å². The number of carbonyl (C=O) groups excluding carboxylic acids is 1. The largest absolute Gasteiger partial charge is 0.493 e. The second-order valence-electron chi connectivity index (χ2n) is 8.10. The van der Waals surface area contributed by atoms with Gasteiger partial charge in [0.15, 0.2) is 11.5 Å². The molecule has 5 nitrogen and oxygen atoms in total. The second kappa shape index (κ2) is 8.70. The molecular formula is C21H31ClN2O3. The zero-order valence-electron chi connectivity index (χ0n) is 16.1. The van der Waals surface area contributed by atoms with E-state index in [1.54, 1.807) is 7.11 Å². The molecule has 1 aromatic carbocycles. The molecule has 1 atom stereocenters. The third kappa shape index (κ3) is 4.52. The first kappa shape index (κ1) is 20.3. The van der Waals surface area contributed by atoms with Crippen molar-refractivity contribution in [2.24, 2.45) is 11.3 Å². The van der Waals surface area contributed by atoms with Crippen molar-refractivity contribution in [1.29, 1.82) is 0 Å². The van der Waals surface area contributed by atoms with Gasteiger partial charge >= 0.3 is 0 Å². The third-order valence-corrected chi connectivity index (χ3v) is 6.40. The summed E-state index contributed by atoms with van der Waals surface area (Å²) in [5.41, 5.74) is 1.35. The number of benzene rings is 1. The molecule has 3 fully saturated rings. The van der Waals surface area contributed by atoms with Crippen LogP contribution in [0, 0.1) is 11.3 Å². The number of piperidine rings is 1. The van der Waals surface area contributed by atoms with Gasteiger partial charge in [-0.25, -0.2) is 0 Å². The van der Waals surface area contributed by atoms with Crippen molar-refractivity contribution in [3.63, 3.8) is 0 Å². The summed E-state index contributed by atoms with van der Waals surface area (Å²) < 4.78 is 11.6. The van der Waals surface area contributed by atoms with Crippen LogP contribution in [0.3, 0.4) is 0 Å². The quantitative estimate of drug-likeness (QED) is 0.775. The SMILES string of the molecule is COc1ccc(CNC(=O)C2CC23CCNCC3)cc1OC1CCCC1.Cl. The Bertz CT molecular complexity index is 655. The summed E-state index contributed by atoms with van der Waals surface area (Å²) in [6.45, 7) is 2.64. The van der Waals surface area contributed by atoms with Crippen LogP contribution in [0.4, 0.5) is 0 Å². The van der Waals surface area contributed by atoms with Gasteiger partial charge in [0.25, 0.3) is 0 Å². The van der Waals surface area contributed by atoms with E-state index in [2.05, 4.69) is 10.6 Å². The summed E-state index contributed by atoms with van der Waals surface area (Å²) in [5.74, 6) is 1.98. The van der Waals surface area contributed by atoms with Crippen LogP contribution in [0.15, 0.2) is 18.2 Å². The Morgan fingerprint density at radius 1 is 1.22 bits per heavy atom. The van der Waals surface area contributed by atoms with Gasteiger partial charge < -0.3 is 20.1 Å². The fourth-order valence-corrected chi connectivity index (χ4v) is 4.62. The number of hydrogen-bond donors (Lipinski definition) is 2. The van der Waals surface area contributed by atoms with Gasteiger partial charge in [-0.05, 0) is 81.1 Å². The molecule has 2 saturated carbocycles. The summed E-state index contributed by atoms with van der Waals surface area (Å²) in [7, 11) is 1.67. The van der Waals surface area contributed by atoms with Crippen LogP contribution >= 0.6 is 12.4 Å². The Morgan fingerprint density at radius 2 is 1.96 bits per heavy atom. The average molecular weight is 395 g/mol. The van der Waals surface area contributed by atoms with E-state index in [0.717, 1.165) is 62.3 Å². The first-order chi connectivity index (χ1) is 12.7. The first-order valence-corrected chi connectivity index (χ1v) is 10.0. The van der Waals surface area contributed by atoms with Crippen molar-refractivity contribution < 1.29 is 14.3 Å². The minimum absolute atomic E-state index is 0. The van der Waals surface area contributed by atoms with Gasteiger partial charge in [-0.3, -0.25) is 4.79 Å². The molecule has 6 heteroatoms. The highest BCUT2D eigenvalue weighted by Crippen LogP contribution is 2.58. The first-order valence-electron chi connectivity index (χ1n) is 10.0. The van der Waals surface area contributed by atoms with Crippen molar-refractivity contribution in [2.45, 2.75) is 57.6 Å². The lowest BCUT2D eigenvalue weighted by Gasteiger charge is -2.23. The van der Waals surface area contributed by atoms with Crippen LogP contribution in [0.25, 0.3) is 0 Å². The van der Waals surface area contributed by atoms with Crippen LogP contribution in [0.5, 0.6) is 11.5 Å². The lowest BCUT2D eigenvalue weighted by molar-refractivity contribution is -0.123. The minimum atomic E-state index is 0. The molecule has 150 valence electrons. The number of ether oxygens (including phenoxy) is 2. The zero-order chi connectivity index (χ0) is 18.0. The lowest BCUT2D eigenvalue weighted by atomic mass is 9.92. The van der Waals surface area contributed by atoms with E-state index in [1.165, 1.54) is 12.8 Å². The van der Waals surface area contributed by atoms with Crippen LogP contribution in [0.1, 0.15) is 50.5 Å². The molecule has 1 heterocycles. The van der Waals surface area contributed by atoms with Gasteiger partial charge in [-0.15, -0.1) is 12.4 Å². The Kier molecular flexibility index (Phi) is 6.53.